The number of rotatable bonds is 6. The third-order valence-corrected chi connectivity index (χ3v) is 3.18. The largest absolute Gasteiger partial charge is 0.491 e. The van der Waals surface area contributed by atoms with E-state index in [1.165, 1.54) is 6.92 Å². The second-order valence-corrected chi connectivity index (χ2v) is 5.01. The van der Waals surface area contributed by atoms with Gasteiger partial charge < -0.3 is 15.6 Å². The van der Waals surface area contributed by atoms with Crippen molar-refractivity contribution >= 4 is 16.9 Å². The average molecular weight is 274 g/mol. The predicted molar refractivity (Wildman–Crippen MR) is 76.7 cm³/mol. The van der Waals surface area contributed by atoms with E-state index >= 15 is 0 Å². The van der Waals surface area contributed by atoms with Crippen LogP contribution in [0.4, 0.5) is 0 Å². The minimum Gasteiger partial charge on any atom is -0.491 e. The van der Waals surface area contributed by atoms with E-state index < -0.39 is 11.5 Å². The Morgan fingerprint density at radius 3 is 2.90 bits per heavy atom. The van der Waals surface area contributed by atoms with Crippen molar-refractivity contribution in [2.75, 3.05) is 6.61 Å². The first-order chi connectivity index (χ1) is 9.50. The summed E-state index contributed by atoms with van der Waals surface area (Å²) in [7, 11) is 0. The molecule has 0 radical (unpaired) electrons. The molecule has 1 aromatic heterocycles. The Morgan fingerprint density at radius 1 is 1.40 bits per heavy atom. The SMILES string of the molecule is CC(N)(CCCOc1cccc2cccnc12)C(=O)O. The van der Waals surface area contributed by atoms with Gasteiger partial charge in [-0.15, -0.1) is 0 Å². The fourth-order valence-electron chi connectivity index (χ4n) is 1.92. The van der Waals surface area contributed by atoms with Crippen LogP contribution in [0.3, 0.4) is 0 Å². The first-order valence-corrected chi connectivity index (χ1v) is 6.49. The van der Waals surface area contributed by atoms with Crippen molar-refractivity contribution in [3.63, 3.8) is 0 Å². The lowest BCUT2D eigenvalue weighted by Crippen LogP contribution is -2.44. The second-order valence-electron chi connectivity index (χ2n) is 5.01. The Hall–Kier alpha value is -2.14. The third-order valence-electron chi connectivity index (χ3n) is 3.18. The third kappa shape index (κ3) is 3.24. The van der Waals surface area contributed by atoms with Crippen LogP contribution in [0, 0.1) is 0 Å². The van der Waals surface area contributed by atoms with E-state index in [1.54, 1.807) is 6.20 Å². The van der Waals surface area contributed by atoms with Gasteiger partial charge in [0.15, 0.2) is 0 Å². The minimum absolute atomic E-state index is 0.362. The summed E-state index contributed by atoms with van der Waals surface area (Å²) >= 11 is 0. The molecule has 2 aromatic rings. The van der Waals surface area contributed by atoms with Gasteiger partial charge in [0.25, 0.3) is 0 Å². The van der Waals surface area contributed by atoms with Crippen LogP contribution in [0.15, 0.2) is 36.5 Å². The Balaban J connectivity index is 1.95. The molecule has 0 aliphatic heterocycles. The number of benzene rings is 1. The Labute approximate surface area is 117 Å². The standard InChI is InChI=1S/C15H18N2O3/c1-15(16,14(18)19)8-4-10-20-12-7-2-5-11-6-3-9-17-13(11)12/h2-3,5-7,9H,4,8,10,16H2,1H3,(H,18,19). The van der Waals surface area contributed by atoms with Crippen LogP contribution in [0.2, 0.25) is 0 Å². The van der Waals surface area contributed by atoms with Crippen LogP contribution in [0.1, 0.15) is 19.8 Å². The van der Waals surface area contributed by atoms with Gasteiger partial charge >= 0.3 is 5.97 Å². The number of fused-ring (bicyclic) bond motifs is 1. The fraction of sp³-hybridized carbons (Fsp3) is 0.333. The lowest BCUT2D eigenvalue weighted by Gasteiger charge is -2.18. The molecule has 1 heterocycles. The minimum atomic E-state index is -1.21. The highest BCUT2D eigenvalue weighted by Gasteiger charge is 2.26. The Morgan fingerprint density at radius 2 is 2.15 bits per heavy atom. The van der Waals surface area contributed by atoms with Crippen LogP contribution in [0.25, 0.3) is 10.9 Å². The number of carbonyl (C=O) groups is 1. The van der Waals surface area contributed by atoms with Gasteiger partial charge in [0, 0.05) is 11.6 Å². The zero-order valence-corrected chi connectivity index (χ0v) is 11.4. The summed E-state index contributed by atoms with van der Waals surface area (Å²) in [6, 6.07) is 9.57. The van der Waals surface area contributed by atoms with Crippen LogP contribution in [0.5, 0.6) is 5.75 Å². The molecule has 1 aromatic carbocycles. The summed E-state index contributed by atoms with van der Waals surface area (Å²) in [6.07, 6.45) is 2.65. The molecule has 3 N–H and O–H groups in total. The molecule has 0 fully saturated rings. The first kappa shape index (κ1) is 14.3. The van der Waals surface area contributed by atoms with Crippen LogP contribution >= 0.6 is 0 Å². The summed E-state index contributed by atoms with van der Waals surface area (Å²) < 4.78 is 5.68. The van der Waals surface area contributed by atoms with Crippen molar-refractivity contribution in [2.45, 2.75) is 25.3 Å². The molecular formula is C15H18N2O3. The van der Waals surface area contributed by atoms with E-state index in [9.17, 15) is 4.79 Å². The summed E-state index contributed by atoms with van der Waals surface area (Å²) in [6.45, 7) is 1.92. The van der Waals surface area contributed by atoms with Crippen LogP contribution in [-0.2, 0) is 4.79 Å². The van der Waals surface area contributed by atoms with Crippen LogP contribution in [-0.4, -0.2) is 28.2 Å². The van der Waals surface area contributed by atoms with Crippen LogP contribution < -0.4 is 10.5 Å². The number of hydrogen-bond donors (Lipinski definition) is 2. The molecule has 20 heavy (non-hydrogen) atoms. The maximum atomic E-state index is 10.9. The van der Waals surface area contributed by atoms with E-state index in [2.05, 4.69) is 4.98 Å². The molecule has 0 saturated carbocycles. The Kier molecular flexibility index (Phi) is 4.20. The maximum absolute atomic E-state index is 10.9. The van der Waals surface area contributed by atoms with Gasteiger partial charge in [0.2, 0.25) is 0 Å². The molecule has 2 rings (SSSR count). The number of ether oxygens (including phenoxy) is 1. The zero-order chi connectivity index (χ0) is 14.6. The smallest absolute Gasteiger partial charge is 0.323 e. The number of carboxylic acid groups (broad SMARTS) is 1. The average Bonchev–Trinajstić information content (AvgIpc) is 2.43. The highest BCUT2D eigenvalue weighted by Crippen LogP contribution is 2.23. The van der Waals surface area contributed by atoms with E-state index in [1.807, 2.05) is 30.3 Å². The van der Waals surface area contributed by atoms with Crippen molar-refractivity contribution in [1.82, 2.24) is 4.98 Å². The number of hydrogen-bond acceptors (Lipinski definition) is 4. The van der Waals surface area contributed by atoms with Gasteiger partial charge in [-0.2, -0.15) is 0 Å². The summed E-state index contributed by atoms with van der Waals surface area (Å²) in [4.78, 5) is 15.2. The van der Waals surface area contributed by atoms with Crippen molar-refractivity contribution in [3.8, 4) is 5.75 Å². The summed E-state index contributed by atoms with van der Waals surface area (Å²) in [5, 5.41) is 9.94. The molecule has 1 unspecified atom stereocenters. The molecule has 0 saturated heterocycles. The van der Waals surface area contributed by atoms with E-state index in [-0.39, 0.29) is 0 Å². The van der Waals surface area contributed by atoms with Crippen molar-refractivity contribution < 1.29 is 14.6 Å². The predicted octanol–water partition coefficient (Wildman–Crippen LogP) is 2.20. The lowest BCUT2D eigenvalue weighted by atomic mass is 9.98. The number of pyridine rings is 1. The quantitative estimate of drug-likeness (QED) is 0.789. The number of aromatic nitrogens is 1. The van der Waals surface area contributed by atoms with Gasteiger partial charge in [-0.05, 0) is 31.9 Å². The normalized spacial score (nSPS) is 13.9. The van der Waals surface area contributed by atoms with E-state index in [4.69, 9.17) is 15.6 Å². The molecule has 1 atom stereocenters. The number of carboxylic acids is 1. The summed E-state index contributed by atoms with van der Waals surface area (Å²) in [5.74, 6) is -0.290. The molecule has 0 spiro atoms. The van der Waals surface area contributed by atoms with E-state index in [0.29, 0.717) is 25.2 Å². The van der Waals surface area contributed by atoms with Gasteiger partial charge in [-0.25, -0.2) is 0 Å². The first-order valence-electron chi connectivity index (χ1n) is 6.49. The van der Waals surface area contributed by atoms with Gasteiger partial charge in [-0.1, -0.05) is 18.2 Å². The van der Waals surface area contributed by atoms with Gasteiger partial charge in [0.05, 0.1) is 6.61 Å². The molecule has 0 aliphatic rings. The maximum Gasteiger partial charge on any atom is 0.323 e. The highest BCUT2D eigenvalue weighted by molar-refractivity contribution is 5.84. The summed E-state index contributed by atoms with van der Waals surface area (Å²) in [5.41, 5.74) is 5.26. The van der Waals surface area contributed by atoms with Gasteiger partial charge in [-0.3, -0.25) is 9.78 Å². The molecule has 5 heteroatoms. The molecular weight excluding hydrogens is 256 g/mol. The molecule has 5 nitrogen and oxygen atoms in total. The van der Waals surface area contributed by atoms with Crippen molar-refractivity contribution in [3.05, 3.63) is 36.5 Å². The number of aliphatic carboxylic acids is 1. The molecule has 0 bridgehead atoms. The Bertz CT molecular complexity index is 606. The molecule has 106 valence electrons. The molecule has 0 amide bonds. The zero-order valence-electron chi connectivity index (χ0n) is 11.4. The number of para-hydroxylation sites is 1. The van der Waals surface area contributed by atoms with Crippen molar-refractivity contribution in [1.29, 1.82) is 0 Å². The molecule has 0 aliphatic carbocycles. The fourth-order valence-corrected chi connectivity index (χ4v) is 1.92. The lowest BCUT2D eigenvalue weighted by molar-refractivity contribution is -0.142. The van der Waals surface area contributed by atoms with E-state index in [0.717, 1.165) is 10.9 Å². The number of nitrogens with zero attached hydrogens (tertiary/aromatic N) is 1. The monoisotopic (exact) mass is 274 g/mol. The number of nitrogens with two attached hydrogens (primary N) is 1. The van der Waals surface area contributed by atoms with Gasteiger partial charge in [0.1, 0.15) is 16.8 Å². The second kappa shape index (κ2) is 5.88. The topological polar surface area (TPSA) is 85.4 Å². The van der Waals surface area contributed by atoms with Crippen molar-refractivity contribution in [2.24, 2.45) is 5.73 Å². The highest BCUT2D eigenvalue weighted by atomic mass is 16.5.